The molecule has 0 saturated heterocycles. The highest BCUT2D eigenvalue weighted by Crippen LogP contribution is 2.32. The van der Waals surface area contributed by atoms with Gasteiger partial charge >= 0.3 is 0 Å². The van der Waals surface area contributed by atoms with Gasteiger partial charge < -0.3 is 14.0 Å². The molecule has 1 heterocycles. The van der Waals surface area contributed by atoms with E-state index in [0.29, 0.717) is 18.3 Å². The van der Waals surface area contributed by atoms with Gasteiger partial charge in [-0.2, -0.15) is 4.98 Å². The van der Waals surface area contributed by atoms with Gasteiger partial charge in [-0.15, -0.1) is 0 Å². The number of hydrogen-bond donors (Lipinski definition) is 0. The van der Waals surface area contributed by atoms with E-state index in [2.05, 4.69) is 24.0 Å². The Labute approximate surface area is 112 Å². The maximum atomic E-state index is 5.39. The second-order valence-electron chi connectivity index (χ2n) is 4.28. The Morgan fingerprint density at radius 2 is 2.05 bits per heavy atom. The van der Waals surface area contributed by atoms with Crippen LogP contribution in [0.5, 0.6) is 5.75 Å². The zero-order chi connectivity index (χ0) is 13.8. The summed E-state index contributed by atoms with van der Waals surface area (Å²) in [5, 5.41) is 3.87. The first kappa shape index (κ1) is 13.5. The van der Waals surface area contributed by atoms with Crippen molar-refractivity contribution in [1.82, 2.24) is 10.1 Å². The average Bonchev–Trinajstić information content (AvgIpc) is 2.87. The van der Waals surface area contributed by atoms with E-state index in [-0.39, 0.29) is 0 Å². The molecule has 0 radical (unpaired) electrons. The molecule has 0 saturated carbocycles. The molecular weight excluding hydrogens is 244 g/mol. The number of methoxy groups -OCH3 is 2. The Bertz CT molecular complexity index is 564. The van der Waals surface area contributed by atoms with Crippen molar-refractivity contribution in [1.29, 1.82) is 0 Å². The van der Waals surface area contributed by atoms with Gasteiger partial charge in [0.2, 0.25) is 0 Å². The maximum absolute atomic E-state index is 5.39. The summed E-state index contributed by atoms with van der Waals surface area (Å²) < 4.78 is 15.6. The number of rotatable bonds is 5. The number of benzene rings is 1. The molecule has 5 heteroatoms. The van der Waals surface area contributed by atoms with Gasteiger partial charge in [0.25, 0.3) is 5.89 Å². The zero-order valence-electron chi connectivity index (χ0n) is 11.7. The highest BCUT2D eigenvalue weighted by Gasteiger charge is 2.15. The third-order valence-electron chi connectivity index (χ3n) is 3.01. The third-order valence-corrected chi connectivity index (χ3v) is 3.01. The Morgan fingerprint density at radius 3 is 2.68 bits per heavy atom. The van der Waals surface area contributed by atoms with Crippen LogP contribution >= 0.6 is 0 Å². The van der Waals surface area contributed by atoms with E-state index in [1.807, 2.05) is 12.1 Å². The van der Waals surface area contributed by atoms with Crippen LogP contribution in [0.25, 0.3) is 11.5 Å². The minimum atomic E-state index is 0.332. The predicted molar refractivity (Wildman–Crippen MR) is 71.1 cm³/mol. The summed E-state index contributed by atoms with van der Waals surface area (Å²) in [6.45, 7) is 4.51. The van der Waals surface area contributed by atoms with Gasteiger partial charge in [-0.3, -0.25) is 0 Å². The van der Waals surface area contributed by atoms with E-state index in [9.17, 15) is 0 Å². The molecule has 0 aliphatic heterocycles. The summed E-state index contributed by atoms with van der Waals surface area (Å²) in [5.74, 6) is 1.72. The van der Waals surface area contributed by atoms with Gasteiger partial charge in [0.05, 0.1) is 12.7 Å². The molecule has 2 rings (SSSR count). The second kappa shape index (κ2) is 5.84. The molecule has 5 nitrogen and oxygen atoms in total. The van der Waals surface area contributed by atoms with Crippen LogP contribution < -0.4 is 4.74 Å². The number of nitrogens with zero attached hydrogens (tertiary/aromatic N) is 2. The average molecular weight is 262 g/mol. The number of ether oxygens (including phenoxy) is 2. The fraction of sp³-hybridized carbons (Fsp3) is 0.429. The van der Waals surface area contributed by atoms with Crippen LogP contribution in [0.3, 0.4) is 0 Å². The van der Waals surface area contributed by atoms with E-state index in [4.69, 9.17) is 14.0 Å². The summed E-state index contributed by atoms with van der Waals surface area (Å²) in [6, 6.07) is 4.03. The molecule has 0 aliphatic carbocycles. The molecule has 0 N–H and O–H groups in total. The monoisotopic (exact) mass is 262 g/mol. The van der Waals surface area contributed by atoms with Gasteiger partial charge in [0, 0.05) is 7.11 Å². The highest BCUT2D eigenvalue weighted by atomic mass is 16.5. The number of aromatic nitrogens is 2. The van der Waals surface area contributed by atoms with Crippen molar-refractivity contribution < 1.29 is 14.0 Å². The summed E-state index contributed by atoms with van der Waals surface area (Å²) >= 11 is 0. The van der Waals surface area contributed by atoms with Crippen LogP contribution in [-0.4, -0.2) is 24.4 Å². The summed E-state index contributed by atoms with van der Waals surface area (Å²) in [5.41, 5.74) is 3.25. The van der Waals surface area contributed by atoms with E-state index >= 15 is 0 Å². The number of hydrogen-bond acceptors (Lipinski definition) is 5. The van der Waals surface area contributed by atoms with E-state index in [1.54, 1.807) is 14.2 Å². The van der Waals surface area contributed by atoms with Crippen molar-refractivity contribution in [2.75, 3.05) is 14.2 Å². The third kappa shape index (κ3) is 2.76. The lowest BCUT2D eigenvalue weighted by atomic mass is 10.0. The van der Waals surface area contributed by atoms with Crippen LogP contribution in [-0.2, 0) is 17.8 Å². The van der Waals surface area contributed by atoms with E-state index in [0.717, 1.165) is 17.7 Å². The Hall–Kier alpha value is -1.88. The molecule has 0 fully saturated rings. The lowest BCUT2D eigenvalue weighted by Gasteiger charge is -2.10. The van der Waals surface area contributed by atoms with Crippen molar-refractivity contribution in [2.45, 2.75) is 26.9 Å². The van der Waals surface area contributed by atoms with Crippen LogP contribution in [0.15, 0.2) is 16.7 Å². The van der Waals surface area contributed by atoms with Crippen LogP contribution in [0.4, 0.5) is 0 Å². The van der Waals surface area contributed by atoms with E-state index < -0.39 is 0 Å². The molecule has 19 heavy (non-hydrogen) atoms. The predicted octanol–water partition coefficient (Wildman–Crippen LogP) is 2.76. The first-order chi connectivity index (χ1) is 9.19. The van der Waals surface area contributed by atoms with Crippen molar-refractivity contribution in [2.24, 2.45) is 0 Å². The van der Waals surface area contributed by atoms with Crippen molar-refractivity contribution in [3.8, 4) is 17.2 Å². The summed E-state index contributed by atoms with van der Waals surface area (Å²) in [7, 11) is 3.23. The minimum absolute atomic E-state index is 0.332. The smallest absolute Gasteiger partial charge is 0.261 e. The minimum Gasteiger partial charge on any atom is -0.496 e. The standard InChI is InChI=1S/C14H18N2O3/c1-5-10-7-11(12(18-4)6-9(10)2)14-15-13(8-17-3)16-19-14/h6-7H,5,8H2,1-4H3. The SMILES string of the molecule is CCc1cc(-c2nc(COC)no2)c(OC)cc1C. The first-order valence-electron chi connectivity index (χ1n) is 6.19. The molecule has 0 spiro atoms. The van der Waals surface area contributed by atoms with E-state index in [1.165, 1.54) is 11.1 Å². The zero-order valence-corrected chi connectivity index (χ0v) is 11.7. The topological polar surface area (TPSA) is 57.4 Å². The van der Waals surface area contributed by atoms with Gasteiger partial charge in [-0.05, 0) is 36.6 Å². The molecule has 0 unspecified atom stereocenters. The lowest BCUT2D eigenvalue weighted by molar-refractivity contribution is 0.174. The Kier molecular flexibility index (Phi) is 4.16. The van der Waals surface area contributed by atoms with Crippen molar-refractivity contribution in [3.63, 3.8) is 0 Å². The molecule has 2 aromatic rings. The Balaban J connectivity index is 2.46. The van der Waals surface area contributed by atoms with Crippen molar-refractivity contribution >= 4 is 0 Å². The molecule has 0 atom stereocenters. The van der Waals surface area contributed by atoms with Crippen LogP contribution in [0.2, 0.25) is 0 Å². The number of aryl methyl sites for hydroxylation is 2. The lowest BCUT2D eigenvalue weighted by Crippen LogP contribution is -1.94. The van der Waals surface area contributed by atoms with Crippen molar-refractivity contribution in [3.05, 3.63) is 29.1 Å². The Morgan fingerprint density at radius 1 is 1.26 bits per heavy atom. The fourth-order valence-electron chi connectivity index (χ4n) is 1.99. The second-order valence-corrected chi connectivity index (χ2v) is 4.28. The van der Waals surface area contributed by atoms with Crippen LogP contribution in [0, 0.1) is 6.92 Å². The first-order valence-corrected chi connectivity index (χ1v) is 6.19. The van der Waals surface area contributed by atoms with Gasteiger partial charge in [-0.1, -0.05) is 12.1 Å². The normalized spacial score (nSPS) is 10.7. The maximum Gasteiger partial charge on any atom is 0.261 e. The molecule has 0 amide bonds. The molecular formula is C14H18N2O3. The van der Waals surface area contributed by atoms with Gasteiger partial charge in [-0.25, -0.2) is 0 Å². The fourth-order valence-corrected chi connectivity index (χ4v) is 1.99. The summed E-state index contributed by atoms with van der Waals surface area (Å²) in [6.07, 6.45) is 0.946. The highest BCUT2D eigenvalue weighted by molar-refractivity contribution is 5.65. The molecule has 0 bridgehead atoms. The van der Waals surface area contributed by atoms with Crippen LogP contribution in [0.1, 0.15) is 23.9 Å². The molecule has 0 aliphatic rings. The summed E-state index contributed by atoms with van der Waals surface area (Å²) in [4.78, 5) is 4.30. The largest absolute Gasteiger partial charge is 0.496 e. The van der Waals surface area contributed by atoms with Gasteiger partial charge in [0.15, 0.2) is 5.82 Å². The molecule has 1 aromatic carbocycles. The molecule has 102 valence electrons. The molecule has 1 aromatic heterocycles. The quantitative estimate of drug-likeness (QED) is 0.829. The van der Waals surface area contributed by atoms with Gasteiger partial charge in [0.1, 0.15) is 12.4 Å².